The van der Waals surface area contributed by atoms with Crippen molar-refractivity contribution in [1.82, 2.24) is 0 Å². The van der Waals surface area contributed by atoms with Crippen molar-refractivity contribution in [3.05, 3.63) is 23.3 Å². The highest BCUT2D eigenvalue weighted by Crippen LogP contribution is 2.63. The molecule has 4 nitrogen and oxygen atoms in total. The van der Waals surface area contributed by atoms with Crippen molar-refractivity contribution in [3.8, 4) is 0 Å². The third kappa shape index (κ3) is 2.68. The van der Waals surface area contributed by atoms with E-state index >= 15 is 0 Å². The Morgan fingerprint density at radius 2 is 1.96 bits per heavy atom. The number of hydrogen-bond acceptors (Lipinski definition) is 4. The fourth-order valence-corrected chi connectivity index (χ4v) is 5.95. The van der Waals surface area contributed by atoms with E-state index < -0.39 is 23.2 Å². The van der Waals surface area contributed by atoms with Crippen molar-refractivity contribution in [1.29, 1.82) is 0 Å². The van der Waals surface area contributed by atoms with Gasteiger partial charge in [0, 0.05) is 12.3 Å². The van der Waals surface area contributed by atoms with Crippen LogP contribution in [0.3, 0.4) is 0 Å². The maximum atomic E-state index is 11.9. The van der Waals surface area contributed by atoms with Crippen molar-refractivity contribution in [2.75, 3.05) is 0 Å². The molecule has 146 valence electrons. The molecule has 0 unspecified atom stereocenters. The second kappa shape index (κ2) is 6.20. The zero-order valence-corrected chi connectivity index (χ0v) is 16.9. The van der Waals surface area contributed by atoms with Gasteiger partial charge in [0.1, 0.15) is 6.10 Å². The first-order valence-electron chi connectivity index (χ1n) is 9.94. The Balaban J connectivity index is 2.20. The topological polar surface area (TPSA) is 66.8 Å². The standard InChI is InChI=1S/C22H34O4/c1-13(2)16-9-10-20(5)12-22(25)14(3)7-8-18(24)21(22,6)11-17(19(16)20)26-15(4)23/h13,17-18,24-25H,3,7-12H2,1-2,4-6H3/t17-,18-,20-,21-,22+/m0/s1. The van der Waals surface area contributed by atoms with Crippen LogP contribution in [0.5, 0.6) is 0 Å². The molecule has 0 heterocycles. The van der Waals surface area contributed by atoms with Crippen LogP contribution in [0, 0.1) is 16.7 Å². The molecule has 0 radical (unpaired) electrons. The lowest BCUT2D eigenvalue weighted by Gasteiger charge is -2.53. The molecule has 0 aromatic rings. The number of esters is 1. The van der Waals surface area contributed by atoms with Crippen LogP contribution in [0.2, 0.25) is 0 Å². The van der Waals surface area contributed by atoms with E-state index in [1.165, 1.54) is 18.1 Å². The number of allylic oxidation sites excluding steroid dienone is 1. The maximum absolute atomic E-state index is 11.9. The van der Waals surface area contributed by atoms with Gasteiger partial charge in [0.25, 0.3) is 0 Å². The summed E-state index contributed by atoms with van der Waals surface area (Å²) in [4.78, 5) is 11.9. The average molecular weight is 363 g/mol. The highest BCUT2D eigenvalue weighted by molar-refractivity contribution is 5.66. The third-order valence-corrected chi connectivity index (χ3v) is 7.51. The number of aliphatic hydroxyl groups excluding tert-OH is 1. The van der Waals surface area contributed by atoms with Gasteiger partial charge >= 0.3 is 5.97 Å². The van der Waals surface area contributed by atoms with Crippen LogP contribution >= 0.6 is 0 Å². The zero-order valence-electron chi connectivity index (χ0n) is 16.9. The molecule has 0 spiro atoms. The van der Waals surface area contributed by atoms with E-state index in [9.17, 15) is 15.0 Å². The van der Waals surface area contributed by atoms with Crippen LogP contribution in [-0.4, -0.2) is 34.0 Å². The van der Waals surface area contributed by atoms with Crippen LogP contribution in [0.1, 0.15) is 73.1 Å². The van der Waals surface area contributed by atoms with Crippen LogP contribution in [0.15, 0.2) is 23.3 Å². The fourth-order valence-electron chi connectivity index (χ4n) is 5.95. The van der Waals surface area contributed by atoms with Gasteiger partial charge in [0.2, 0.25) is 0 Å². The summed E-state index contributed by atoms with van der Waals surface area (Å²) in [7, 11) is 0. The monoisotopic (exact) mass is 362 g/mol. The lowest BCUT2D eigenvalue weighted by atomic mass is 9.56. The summed E-state index contributed by atoms with van der Waals surface area (Å²) in [5.74, 6) is 0.0682. The summed E-state index contributed by atoms with van der Waals surface area (Å²) in [6.45, 7) is 14.1. The fraction of sp³-hybridized carbons (Fsp3) is 0.773. The maximum Gasteiger partial charge on any atom is 0.303 e. The molecular weight excluding hydrogens is 328 g/mol. The first kappa shape index (κ1) is 19.6. The van der Waals surface area contributed by atoms with E-state index in [1.54, 1.807) is 0 Å². The molecule has 26 heavy (non-hydrogen) atoms. The molecule has 0 aliphatic heterocycles. The van der Waals surface area contributed by atoms with Crippen molar-refractivity contribution in [2.24, 2.45) is 16.7 Å². The van der Waals surface area contributed by atoms with E-state index in [4.69, 9.17) is 4.74 Å². The van der Waals surface area contributed by atoms with E-state index in [0.29, 0.717) is 31.6 Å². The van der Waals surface area contributed by atoms with Crippen LogP contribution in [0.25, 0.3) is 0 Å². The Bertz CT molecular complexity index is 663. The van der Waals surface area contributed by atoms with Gasteiger partial charge in [0.15, 0.2) is 0 Å². The Kier molecular flexibility index (Phi) is 4.68. The van der Waals surface area contributed by atoms with Crippen molar-refractivity contribution in [2.45, 2.75) is 91.0 Å². The summed E-state index contributed by atoms with van der Waals surface area (Å²) in [5, 5.41) is 22.7. The number of ether oxygens (including phenoxy) is 1. The third-order valence-electron chi connectivity index (χ3n) is 7.51. The van der Waals surface area contributed by atoms with Gasteiger partial charge in [-0.25, -0.2) is 0 Å². The molecule has 4 heteroatoms. The molecule has 0 aromatic heterocycles. The van der Waals surface area contributed by atoms with Crippen LogP contribution in [0.4, 0.5) is 0 Å². The molecule has 2 fully saturated rings. The van der Waals surface area contributed by atoms with Gasteiger partial charge in [-0.2, -0.15) is 0 Å². The summed E-state index contributed by atoms with van der Waals surface area (Å²) in [5.41, 5.74) is 1.19. The second-order valence-corrected chi connectivity index (χ2v) is 9.57. The summed E-state index contributed by atoms with van der Waals surface area (Å²) < 4.78 is 5.82. The van der Waals surface area contributed by atoms with Crippen LogP contribution < -0.4 is 0 Å². The molecule has 3 aliphatic rings. The SMILES string of the molecule is C=C1CC[C@H](O)[C@]2(C)C[C@H](OC(C)=O)C3=C(C(C)C)CC[C@@]3(C)C[C@@]12O. The Morgan fingerprint density at radius 1 is 1.31 bits per heavy atom. The predicted octanol–water partition coefficient (Wildman–Crippen LogP) is 3.91. The first-order chi connectivity index (χ1) is 11.9. The first-order valence-corrected chi connectivity index (χ1v) is 9.94. The average Bonchev–Trinajstić information content (AvgIpc) is 2.83. The number of fused-ring (bicyclic) bond motifs is 2. The second-order valence-electron chi connectivity index (χ2n) is 9.57. The minimum Gasteiger partial charge on any atom is -0.458 e. The van der Waals surface area contributed by atoms with E-state index in [-0.39, 0.29) is 11.4 Å². The van der Waals surface area contributed by atoms with Gasteiger partial charge in [-0.15, -0.1) is 0 Å². The quantitative estimate of drug-likeness (QED) is 0.577. The smallest absolute Gasteiger partial charge is 0.303 e. The highest BCUT2D eigenvalue weighted by atomic mass is 16.5. The lowest BCUT2D eigenvalue weighted by molar-refractivity contribution is -0.161. The van der Waals surface area contributed by atoms with Crippen molar-refractivity contribution in [3.63, 3.8) is 0 Å². The summed E-state index contributed by atoms with van der Waals surface area (Å²) in [6, 6.07) is 0. The van der Waals surface area contributed by atoms with E-state index in [2.05, 4.69) is 27.4 Å². The molecule has 0 bridgehead atoms. The van der Waals surface area contributed by atoms with Gasteiger partial charge in [-0.05, 0) is 61.0 Å². The summed E-state index contributed by atoms with van der Waals surface area (Å²) >= 11 is 0. The molecule has 2 N–H and O–H groups in total. The van der Waals surface area contributed by atoms with Crippen LogP contribution in [-0.2, 0) is 9.53 Å². The normalized spacial score (nSPS) is 43.2. The van der Waals surface area contributed by atoms with Gasteiger partial charge in [-0.1, -0.05) is 39.8 Å². The summed E-state index contributed by atoms with van der Waals surface area (Å²) in [6.07, 6.45) is 3.09. The zero-order chi connectivity index (χ0) is 19.5. The Labute approximate surface area is 157 Å². The van der Waals surface area contributed by atoms with Gasteiger partial charge < -0.3 is 14.9 Å². The molecule has 0 amide bonds. The van der Waals surface area contributed by atoms with Crippen molar-refractivity contribution >= 4 is 5.97 Å². The Hall–Kier alpha value is -1.13. The molecule has 3 aliphatic carbocycles. The number of carbonyl (C=O) groups excluding carboxylic acids is 1. The minimum absolute atomic E-state index is 0.244. The van der Waals surface area contributed by atoms with E-state index in [0.717, 1.165) is 18.4 Å². The number of hydrogen-bond donors (Lipinski definition) is 2. The lowest BCUT2D eigenvalue weighted by Crippen LogP contribution is -2.58. The molecule has 0 aromatic carbocycles. The number of aliphatic hydroxyl groups is 2. The number of carbonyl (C=O) groups is 1. The minimum atomic E-state index is -1.15. The predicted molar refractivity (Wildman–Crippen MR) is 101 cm³/mol. The molecule has 2 saturated carbocycles. The Morgan fingerprint density at radius 3 is 2.54 bits per heavy atom. The molecule has 0 saturated heterocycles. The largest absolute Gasteiger partial charge is 0.458 e. The van der Waals surface area contributed by atoms with E-state index in [1.807, 2.05) is 6.92 Å². The number of rotatable bonds is 2. The molecular formula is C22H34O4. The van der Waals surface area contributed by atoms with Crippen molar-refractivity contribution < 1.29 is 19.7 Å². The van der Waals surface area contributed by atoms with Gasteiger partial charge in [-0.3, -0.25) is 4.79 Å². The highest BCUT2D eigenvalue weighted by Gasteiger charge is 2.63. The van der Waals surface area contributed by atoms with Gasteiger partial charge in [0.05, 0.1) is 11.7 Å². The molecule has 3 rings (SSSR count). The molecule has 5 atom stereocenters.